The van der Waals surface area contributed by atoms with E-state index >= 15 is 0 Å². The normalized spacial score (nSPS) is 11.7. The van der Waals surface area contributed by atoms with E-state index in [0.717, 1.165) is 5.56 Å². The summed E-state index contributed by atoms with van der Waals surface area (Å²) in [5.41, 5.74) is 0.992. The minimum absolute atomic E-state index is 0.0783. The summed E-state index contributed by atoms with van der Waals surface area (Å²) in [6, 6.07) is 12.0. The van der Waals surface area contributed by atoms with Gasteiger partial charge in [0.1, 0.15) is 17.6 Å². The molecule has 0 saturated carbocycles. The first-order valence-electron chi connectivity index (χ1n) is 8.16. The molecule has 2 N–H and O–H groups in total. The van der Waals surface area contributed by atoms with E-state index in [4.69, 9.17) is 4.74 Å². The SMILES string of the molecule is Cc1ccnc(NC(=O)C(NC(=O)COc2ccccc2)C(C)C)c1. The van der Waals surface area contributed by atoms with Crippen molar-refractivity contribution >= 4 is 17.6 Å². The molecule has 0 bridgehead atoms. The molecular formula is C19H23N3O3. The Balaban J connectivity index is 1.92. The van der Waals surface area contributed by atoms with Crippen molar-refractivity contribution in [3.05, 3.63) is 54.2 Å². The summed E-state index contributed by atoms with van der Waals surface area (Å²) < 4.78 is 5.41. The van der Waals surface area contributed by atoms with Crippen molar-refractivity contribution < 1.29 is 14.3 Å². The van der Waals surface area contributed by atoms with E-state index in [-0.39, 0.29) is 24.3 Å². The Morgan fingerprint density at radius 1 is 1.16 bits per heavy atom. The number of ether oxygens (including phenoxy) is 1. The monoisotopic (exact) mass is 341 g/mol. The molecule has 0 radical (unpaired) electrons. The highest BCUT2D eigenvalue weighted by atomic mass is 16.5. The maximum Gasteiger partial charge on any atom is 0.258 e. The topological polar surface area (TPSA) is 80.3 Å². The van der Waals surface area contributed by atoms with E-state index in [9.17, 15) is 9.59 Å². The number of hydrogen-bond donors (Lipinski definition) is 2. The number of nitrogens with one attached hydrogen (secondary N) is 2. The molecule has 0 saturated heterocycles. The van der Waals surface area contributed by atoms with Crippen molar-refractivity contribution in [2.24, 2.45) is 5.92 Å². The summed E-state index contributed by atoms with van der Waals surface area (Å²) in [4.78, 5) is 28.7. The predicted octanol–water partition coefficient (Wildman–Crippen LogP) is 2.55. The summed E-state index contributed by atoms with van der Waals surface area (Å²) in [6.45, 7) is 5.50. The van der Waals surface area contributed by atoms with E-state index < -0.39 is 6.04 Å². The van der Waals surface area contributed by atoms with Gasteiger partial charge in [-0.25, -0.2) is 4.98 Å². The molecule has 6 nitrogen and oxygen atoms in total. The van der Waals surface area contributed by atoms with Gasteiger partial charge in [-0.3, -0.25) is 9.59 Å². The smallest absolute Gasteiger partial charge is 0.258 e. The number of anilines is 1. The van der Waals surface area contributed by atoms with Crippen molar-refractivity contribution in [1.82, 2.24) is 10.3 Å². The third kappa shape index (κ3) is 5.91. The highest BCUT2D eigenvalue weighted by molar-refractivity contribution is 5.96. The van der Waals surface area contributed by atoms with Gasteiger partial charge in [0.25, 0.3) is 5.91 Å². The summed E-state index contributed by atoms with van der Waals surface area (Å²) >= 11 is 0. The van der Waals surface area contributed by atoms with Crippen LogP contribution in [0.4, 0.5) is 5.82 Å². The van der Waals surface area contributed by atoms with Crippen LogP contribution in [0.2, 0.25) is 0 Å². The number of carbonyl (C=O) groups excluding carboxylic acids is 2. The molecule has 25 heavy (non-hydrogen) atoms. The van der Waals surface area contributed by atoms with Crippen molar-refractivity contribution in [1.29, 1.82) is 0 Å². The average Bonchev–Trinajstić information content (AvgIpc) is 2.58. The molecule has 1 aromatic carbocycles. The molecule has 1 unspecified atom stereocenters. The van der Waals surface area contributed by atoms with Gasteiger partial charge in [0.15, 0.2) is 6.61 Å². The lowest BCUT2D eigenvalue weighted by Crippen LogP contribution is -2.48. The van der Waals surface area contributed by atoms with Gasteiger partial charge in [0.2, 0.25) is 5.91 Å². The van der Waals surface area contributed by atoms with Gasteiger partial charge in [0.05, 0.1) is 0 Å². The molecule has 2 aromatic rings. The fourth-order valence-electron chi connectivity index (χ4n) is 2.22. The molecule has 132 valence electrons. The molecule has 0 aliphatic carbocycles. The maximum absolute atomic E-state index is 12.5. The zero-order chi connectivity index (χ0) is 18.2. The molecule has 0 fully saturated rings. The zero-order valence-corrected chi connectivity index (χ0v) is 14.7. The second-order valence-corrected chi connectivity index (χ2v) is 6.10. The molecule has 2 rings (SSSR count). The quantitative estimate of drug-likeness (QED) is 0.811. The zero-order valence-electron chi connectivity index (χ0n) is 14.7. The van der Waals surface area contributed by atoms with Gasteiger partial charge in [-0.05, 0) is 42.7 Å². The fraction of sp³-hybridized carbons (Fsp3) is 0.316. The largest absolute Gasteiger partial charge is 0.484 e. The second kappa shape index (κ2) is 8.82. The van der Waals surface area contributed by atoms with Crippen LogP contribution in [0.3, 0.4) is 0 Å². The highest BCUT2D eigenvalue weighted by Gasteiger charge is 2.24. The van der Waals surface area contributed by atoms with Crippen LogP contribution in [-0.2, 0) is 9.59 Å². The molecular weight excluding hydrogens is 318 g/mol. The van der Waals surface area contributed by atoms with Crippen molar-refractivity contribution in [3.8, 4) is 5.75 Å². The van der Waals surface area contributed by atoms with Gasteiger partial charge < -0.3 is 15.4 Å². The second-order valence-electron chi connectivity index (χ2n) is 6.10. The van der Waals surface area contributed by atoms with E-state index in [1.807, 2.05) is 45.0 Å². The van der Waals surface area contributed by atoms with Crippen LogP contribution in [0.1, 0.15) is 19.4 Å². The molecule has 1 atom stereocenters. The number of carbonyl (C=O) groups is 2. The highest BCUT2D eigenvalue weighted by Crippen LogP contribution is 2.10. The van der Waals surface area contributed by atoms with Crippen LogP contribution >= 0.6 is 0 Å². The number of para-hydroxylation sites is 1. The van der Waals surface area contributed by atoms with Crippen LogP contribution in [0.5, 0.6) is 5.75 Å². The lowest BCUT2D eigenvalue weighted by molar-refractivity contribution is -0.128. The van der Waals surface area contributed by atoms with E-state index in [1.54, 1.807) is 24.4 Å². The van der Waals surface area contributed by atoms with E-state index in [2.05, 4.69) is 15.6 Å². The number of aromatic nitrogens is 1. The third-order valence-corrected chi connectivity index (χ3v) is 3.55. The molecule has 1 heterocycles. The van der Waals surface area contributed by atoms with Crippen molar-refractivity contribution in [2.75, 3.05) is 11.9 Å². The van der Waals surface area contributed by atoms with Crippen LogP contribution in [0.15, 0.2) is 48.7 Å². The molecule has 0 aliphatic rings. The van der Waals surface area contributed by atoms with Crippen LogP contribution < -0.4 is 15.4 Å². The van der Waals surface area contributed by atoms with Gasteiger partial charge in [0, 0.05) is 6.20 Å². The molecule has 6 heteroatoms. The Morgan fingerprint density at radius 3 is 2.52 bits per heavy atom. The number of hydrogen-bond acceptors (Lipinski definition) is 4. The third-order valence-electron chi connectivity index (χ3n) is 3.55. The number of rotatable bonds is 7. The van der Waals surface area contributed by atoms with Crippen molar-refractivity contribution in [3.63, 3.8) is 0 Å². The van der Waals surface area contributed by atoms with Gasteiger partial charge in [-0.2, -0.15) is 0 Å². The minimum atomic E-state index is -0.672. The van der Waals surface area contributed by atoms with Crippen molar-refractivity contribution in [2.45, 2.75) is 26.8 Å². The van der Waals surface area contributed by atoms with Crippen LogP contribution in [0.25, 0.3) is 0 Å². The lowest BCUT2D eigenvalue weighted by Gasteiger charge is -2.21. The maximum atomic E-state index is 12.5. The van der Waals surface area contributed by atoms with Crippen LogP contribution in [-0.4, -0.2) is 29.4 Å². The Kier molecular flexibility index (Phi) is 6.51. The Labute approximate surface area is 147 Å². The lowest BCUT2D eigenvalue weighted by atomic mass is 10.0. The predicted molar refractivity (Wildman–Crippen MR) is 96.3 cm³/mol. The molecule has 2 amide bonds. The number of benzene rings is 1. The number of pyridine rings is 1. The first-order valence-corrected chi connectivity index (χ1v) is 8.16. The summed E-state index contributed by atoms with van der Waals surface area (Å²) in [7, 11) is 0. The van der Waals surface area contributed by atoms with E-state index in [1.165, 1.54) is 0 Å². The van der Waals surface area contributed by atoms with Crippen LogP contribution in [0, 0.1) is 12.8 Å². The van der Waals surface area contributed by atoms with Gasteiger partial charge in [-0.15, -0.1) is 0 Å². The molecule has 1 aromatic heterocycles. The molecule has 0 spiro atoms. The fourth-order valence-corrected chi connectivity index (χ4v) is 2.22. The summed E-state index contributed by atoms with van der Waals surface area (Å²) in [6.07, 6.45) is 1.63. The standard InChI is InChI=1S/C19H23N3O3/c1-13(2)18(19(24)21-16-11-14(3)9-10-20-16)22-17(23)12-25-15-7-5-4-6-8-15/h4-11,13,18H,12H2,1-3H3,(H,22,23)(H,20,21,24). The number of nitrogens with zero attached hydrogens (tertiary/aromatic N) is 1. The summed E-state index contributed by atoms with van der Waals surface area (Å²) in [5, 5.41) is 5.46. The first kappa shape index (κ1) is 18.4. The average molecular weight is 341 g/mol. The number of amides is 2. The Morgan fingerprint density at radius 2 is 1.88 bits per heavy atom. The molecule has 0 aliphatic heterocycles. The summed E-state index contributed by atoms with van der Waals surface area (Å²) in [5.74, 6) is 0.333. The first-order chi connectivity index (χ1) is 12.0. The Hall–Kier alpha value is -2.89. The Bertz CT molecular complexity index is 717. The van der Waals surface area contributed by atoms with Gasteiger partial charge in [-0.1, -0.05) is 32.0 Å². The van der Waals surface area contributed by atoms with Gasteiger partial charge >= 0.3 is 0 Å². The minimum Gasteiger partial charge on any atom is -0.484 e. The van der Waals surface area contributed by atoms with E-state index in [0.29, 0.717) is 11.6 Å². The number of aryl methyl sites for hydroxylation is 1.